The molecule has 72 valence electrons. The van der Waals surface area contributed by atoms with Gasteiger partial charge in [0.1, 0.15) is 5.82 Å². The molecule has 1 unspecified atom stereocenters. The van der Waals surface area contributed by atoms with Crippen molar-refractivity contribution >= 4 is 5.91 Å². The maximum atomic E-state index is 10.6. The summed E-state index contributed by atoms with van der Waals surface area (Å²) >= 11 is 0. The molecule has 0 saturated carbocycles. The molecule has 0 aliphatic heterocycles. The Hall–Kier alpha value is -1.36. The van der Waals surface area contributed by atoms with Gasteiger partial charge in [-0.2, -0.15) is 0 Å². The second-order valence-corrected chi connectivity index (χ2v) is 3.00. The van der Waals surface area contributed by atoms with Crippen molar-refractivity contribution in [1.82, 2.24) is 9.55 Å². The van der Waals surface area contributed by atoms with Gasteiger partial charge >= 0.3 is 0 Å². The Morgan fingerprint density at radius 3 is 2.92 bits per heavy atom. The molecule has 5 heteroatoms. The summed E-state index contributed by atoms with van der Waals surface area (Å²) < 4.78 is 1.90. The minimum absolute atomic E-state index is 0.464. The van der Waals surface area contributed by atoms with E-state index in [0.29, 0.717) is 12.8 Å². The summed E-state index contributed by atoms with van der Waals surface area (Å²) in [5.41, 5.74) is 10.5. The summed E-state index contributed by atoms with van der Waals surface area (Å²) in [4.78, 5) is 14.7. The molecular formula is C8H14N4O. The van der Waals surface area contributed by atoms with Crippen molar-refractivity contribution in [3.05, 3.63) is 18.2 Å². The third-order valence-electron chi connectivity index (χ3n) is 1.97. The lowest BCUT2D eigenvalue weighted by Gasteiger charge is -2.06. The van der Waals surface area contributed by atoms with Crippen LogP contribution in [0.4, 0.5) is 0 Å². The summed E-state index contributed by atoms with van der Waals surface area (Å²) in [5.74, 6) is 0.450. The Morgan fingerprint density at radius 2 is 2.46 bits per heavy atom. The Kier molecular flexibility index (Phi) is 3.02. The van der Waals surface area contributed by atoms with E-state index in [4.69, 9.17) is 11.5 Å². The van der Waals surface area contributed by atoms with Crippen LogP contribution in [0.5, 0.6) is 0 Å². The van der Waals surface area contributed by atoms with Crippen molar-refractivity contribution in [1.29, 1.82) is 0 Å². The topological polar surface area (TPSA) is 86.9 Å². The molecule has 4 N–H and O–H groups in total. The van der Waals surface area contributed by atoms with Crippen molar-refractivity contribution < 1.29 is 4.79 Å². The van der Waals surface area contributed by atoms with Crippen LogP contribution in [-0.4, -0.2) is 21.5 Å². The predicted octanol–water partition coefficient (Wildman–Crippen LogP) is -0.835. The number of nitrogens with zero attached hydrogens (tertiary/aromatic N) is 2. The van der Waals surface area contributed by atoms with Gasteiger partial charge in [0.15, 0.2) is 0 Å². The van der Waals surface area contributed by atoms with Crippen LogP contribution >= 0.6 is 0 Å². The number of aryl methyl sites for hydroxylation is 2. The molecular weight excluding hydrogens is 168 g/mol. The van der Waals surface area contributed by atoms with E-state index in [2.05, 4.69) is 4.98 Å². The standard InChI is InChI=1S/C8H14N4O/c1-12-5-4-11-7(12)3-2-6(9)8(10)13/h4-6H,2-3,9H2,1H3,(H2,10,13). The van der Waals surface area contributed by atoms with Gasteiger partial charge in [0, 0.05) is 25.9 Å². The summed E-state index contributed by atoms with van der Waals surface area (Å²) in [6, 6.07) is -0.573. The fourth-order valence-corrected chi connectivity index (χ4v) is 1.06. The van der Waals surface area contributed by atoms with Crippen LogP contribution in [-0.2, 0) is 18.3 Å². The van der Waals surface area contributed by atoms with Gasteiger partial charge in [-0.1, -0.05) is 0 Å². The van der Waals surface area contributed by atoms with Crippen molar-refractivity contribution in [2.45, 2.75) is 18.9 Å². The fraction of sp³-hybridized carbons (Fsp3) is 0.500. The van der Waals surface area contributed by atoms with Crippen LogP contribution in [0.15, 0.2) is 12.4 Å². The number of amides is 1. The number of carbonyl (C=O) groups excluding carboxylic acids is 1. The van der Waals surface area contributed by atoms with Crippen molar-refractivity contribution in [2.75, 3.05) is 0 Å². The zero-order valence-corrected chi connectivity index (χ0v) is 7.60. The highest BCUT2D eigenvalue weighted by Crippen LogP contribution is 2.00. The van der Waals surface area contributed by atoms with Crippen LogP contribution < -0.4 is 11.5 Å². The quantitative estimate of drug-likeness (QED) is 0.636. The van der Waals surface area contributed by atoms with Gasteiger partial charge in [0.2, 0.25) is 5.91 Å². The van der Waals surface area contributed by atoms with Gasteiger partial charge in [-0.3, -0.25) is 4.79 Å². The van der Waals surface area contributed by atoms with Crippen molar-refractivity contribution in [2.24, 2.45) is 18.5 Å². The summed E-state index contributed by atoms with van der Waals surface area (Å²) in [6.45, 7) is 0. The molecule has 5 nitrogen and oxygen atoms in total. The highest BCUT2D eigenvalue weighted by Gasteiger charge is 2.10. The van der Waals surface area contributed by atoms with E-state index in [0.717, 1.165) is 5.82 Å². The number of imidazole rings is 1. The van der Waals surface area contributed by atoms with Crippen LogP contribution in [0.2, 0.25) is 0 Å². The molecule has 1 heterocycles. The fourth-order valence-electron chi connectivity index (χ4n) is 1.06. The average molecular weight is 182 g/mol. The SMILES string of the molecule is Cn1ccnc1CCC(N)C(N)=O. The van der Waals surface area contributed by atoms with E-state index >= 15 is 0 Å². The first-order chi connectivity index (χ1) is 6.11. The second kappa shape index (κ2) is 4.04. The molecule has 1 amide bonds. The van der Waals surface area contributed by atoms with Gasteiger partial charge in [-0.15, -0.1) is 0 Å². The zero-order chi connectivity index (χ0) is 9.84. The number of hydrogen-bond donors (Lipinski definition) is 2. The van der Waals surface area contributed by atoms with Gasteiger partial charge in [0.25, 0.3) is 0 Å². The number of hydrogen-bond acceptors (Lipinski definition) is 3. The first-order valence-electron chi connectivity index (χ1n) is 4.12. The largest absolute Gasteiger partial charge is 0.368 e. The first kappa shape index (κ1) is 9.73. The lowest BCUT2D eigenvalue weighted by molar-refractivity contribution is -0.119. The van der Waals surface area contributed by atoms with E-state index in [1.807, 2.05) is 17.8 Å². The molecule has 13 heavy (non-hydrogen) atoms. The highest BCUT2D eigenvalue weighted by molar-refractivity contribution is 5.79. The van der Waals surface area contributed by atoms with Crippen molar-refractivity contribution in [3.8, 4) is 0 Å². The monoisotopic (exact) mass is 182 g/mol. The van der Waals surface area contributed by atoms with Gasteiger partial charge in [-0.25, -0.2) is 4.98 Å². The lowest BCUT2D eigenvalue weighted by Crippen LogP contribution is -2.36. The van der Waals surface area contributed by atoms with Crippen LogP contribution in [0.1, 0.15) is 12.2 Å². The Labute approximate surface area is 76.7 Å². The minimum Gasteiger partial charge on any atom is -0.368 e. The molecule has 0 radical (unpaired) electrons. The van der Waals surface area contributed by atoms with Crippen LogP contribution in [0.25, 0.3) is 0 Å². The van der Waals surface area contributed by atoms with E-state index in [-0.39, 0.29) is 0 Å². The highest BCUT2D eigenvalue weighted by atomic mass is 16.1. The molecule has 0 fully saturated rings. The number of rotatable bonds is 4. The van der Waals surface area contributed by atoms with Gasteiger partial charge in [-0.05, 0) is 6.42 Å². The molecule has 1 aromatic rings. The van der Waals surface area contributed by atoms with Crippen molar-refractivity contribution in [3.63, 3.8) is 0 Å². The number of primary amides is 1. The molecule has 0 saturated heterocycles. The smallest absolute Gasteiger partial charge is 0.234 e. The molecule has 0 aromatic carbocycles. The first-order valence-corrected chi connectivity index (χ1v) is 4.12. The molecule has 0 bridgehead atoms. The predicted molar refractivity (Wildman–Crippen MR) is 48.7 cm³/mol. The number of aromatic nitrogens is 2. The minimum atomic E-state index is -0.573. The van der Waals surface area contributed by atoms with Gasteiger partial charge < -0.3 is 16.0 Å². The number of carbonyl (C=O) groups is 1. The zero-order valence-electron chi connectivity index (χ0n) is 7.60. The molecule has 1 aromatic heterocycles. The maximum absolute atomic E-state index is 10.6. The third-order valence-corrected chi connectivity index (χ3v) is 1.97. The summed E-state index contributed by atoms with van der Waals surface area (Å²) in [6.07, 6.45) is 4.78. The maximum Gasteiger partial charge on any atom is 0.234 e. The molecule has 0 aliphatic rings. The molecule has 0 aliphatic carbocycles. The summed E-state index contributed by atoms with van der Waals surface area (Å²) in [7, 11) is 1.90. The third kappa shape index (κ3) is 2.55. The van der Waals surface area contributed by atoms with E-state index < -0.39 is 11.9 Å². The Bertz CT molecular complexity index is 294. The average Bonchev–Trinajstić information content (AvgIpc) is 2.47. The molecule has 0 spiro atoms. The van der Waals surface area contributed by atoms with E-state index in [1.54, 1.807) is 6.20 Å². The second-order valence-electron chi connectivity index (χ2n) is 3.00. The molecule has 1 atom stereocenters. The molecule has 1 rings (SSSR count). The van der Waals surface area contributed by atoms with E-state index in [9.17, 15) is 4.79 Å². The van der Waals surface area contributed by atoms with Gasteiger partial charge in [0.05, 0.1) is 6.04 Å². The Balaban J connectivity index is 2.44. The van der Waals surface area contributed by atoms with E-state index in [1.165, 1.54) is 0 Å². The summed E-state index contributed by atoms with van der Waals surface area (Å²) in [5, 5.41) is 0. The Morgan fingerprint density at radius 1 is 1.77 bits per heavy atom. The van der Waals surface area contributed by atoms with Crippen LogP contribution in [0.3, 0.4) is 0 Å². The normalized spacial score (nSPS) is 12.8. The lowest BCUT2D eigenvalue weighted by atomic mass is 10.1. The number of nitrogens with two attached hydrogens (primary N) is 2. The van der Waals surface area contributed by atoms with Crippen LogP contribution in [0, 0.1) is 0 Å².